The minimum absolute atomic E-state index is 0. The van der Waals surface area contributed by atoms with Gasteiger partial charge in [0.2, 0.25) is 0 Å². The molecule has 1 atom stereocenters. The first-order valence-electron chi connectivity index (χ1n) is 7.46. The first-order chi connectivity index (χ1) is 9.93. The van der Waals surface area contributed by atoms with E-state index in [0.717, 1.165) is 29.4 Å². The zero-order valence-electron chi connectivity index (χ0n) is 13.2. The Kier molecular flexibility index (Phi) is 4.54. The van der Waals surface area contributed by atoms with Crippen LogP contribution in [0.25, 0.3) is 11.0 Å². The van der Waals surface area contributed by atoms with E-state index in [9.17, 15) is 4.79 Å². The van der Waals surface area contributed by atoms with Crippen LogP contribution in [0.15, 0.2) is 22.6 Å². The molecule has 0 saturated heterocycles. The Labute approximate surface area is 136 Å². The average molecular weight is 323 g/mol. The third-order valence-corrected chi connectivity index (χ3v) is 4.66. The molecule has 1 aromatic carbocycles. The molecule has 22 heavy (non-hydrogen) atoms. The van der Waals surface area contributed by atoms with Crippen LogP contribution in [0.1, 0.15) is 41.4 Å². The minimum atomic E-state index is -0.331. The van der Waals surface area contributed by atoms with Crippen molar-refractivity contribution in [3.05, 3.63) is 35.1 Å². The van der Waals surface area contributed by atoms with E-state index in [0.29, 0.717) is 18.2 Å². The van der Waals surface area contributed by atoms with Crippen LogP contribution in [0.3, 0.4) is 0 Å². The molecule has 120 valence electrons. The van der Waals surface area contributed by atoms with Gasteiger partial charge in [0.25, 0.3) is 5.91 Å². The van der Waals surface area contributed by atoms with Gasteiger partial charge in [0.15, 0.2) is 5.76 Å². The molecule has 3 N–H and O–H groups in total. The lowest BCUT2D eigenvalue weighted by atomic mass is 9.96. The summed E-state index contributed by atoms with van der Waals surface area (Å²) in [5.74, 6) is 0.664. The maximum Gasteiger partial charge on any atom is 0.287 e. The molecule has 1 aliphatic rings. The largest absolute Gasteiger partial charge is 0.451 e. The van der Waals surface area contributed by atoms with Crippen molar-refractivity contribution in [1.29, 1.82) is 0 Å². The third kappa shape index (κ3) is 2.99. The topological polar surface area (TPSA) is 68.3 Å². The lowest BCUT2D eigenvalue weighted by Gasteiger charge is -2.28. The maximum absolute atomic E-state index is 12.4. The number of carbonyl (C=O) groups excluding carboxylic acids is 1. The highest BCUT2D eigenvalue weighted by Gasteiger charge is 2.42. The predicted molar refractivity (Wildman–Crippen MR) is 90.6 cm³/mol. The molecule has 1 heterocycles. The number of hydrogen-bond acceptors (Lipinski definition) is 3. The molecule has 1 fully saturated rings. The smallest absolute Gasteiger partial charge is 0.287 e. The first-order valence-corrected chi connectivity index (χ1v) is 7.46. The highest BCUT2D eigenvalue weighted by Crippen LogP contribution is 2.39. The van der Waals surface area contributed by atoms with Gasteiger partial charge in [0.1, 0.15) is 5.58 Å². The molecule has 1 unspecified atom stereocenters. The SMILES string of the molecule is Cc1cc2cc(C(=O)NC(C)(CN)C3CC3)oc2cc1C.Cl. The Morgan fingerprint density at radius 1 is 1.32 bits per heavy atom. The zero-order chi connectivity index (χ0) is 15.2. The van der Waals surface area contributed by atoms with E-state index in [1.807, 2.05) is 26.0 Å². The van der Waals surface area contributed by atoms with Crippen LogP contribution in [0.5, 0.6) is 0 Å². The summed E-state index contributed by atoms with van der Waals surface area (Å²) in [4.78, 5) is 12.4. The maximum atomic E-state index is 12.4. The van der Waals surface area contributed by atoms with E-state index in [4.69, 9.17) is 10.2 Å². The van der Waals surface area contributed by atoms with Crippen LogP contribution < -0.4 is 11.1 Å². The molecular weight excluding hydrogens is 300 g/mol. The molecule has 0 aliphatic heterocycles. The summed E-state index contributed by atoms with van der Waals surface area (Å²) in [5, 5.41) is 4.02. The van der Waals surface area contributed by atoms with Gasteiger partial charge in [-0.2, -0.15) is 0 Å². The molecule has 2 aromatic rings. The first kappa shape index (κ1) is 16.8. The number of furan rings is 1. The van der Waals surface area contributed by atoms with Gasteiger partial charge in [-0.15, -0.1) is 12.4 Å². The highest BCUT2D eigenvalue weighted by atomic mass is 35.5. The molecule has 4 nitrogen and oxygen atoms in total. The second-order valence-corrected chi connectivity index (χ2v) is 6.43. The quantitative estimate of drug-likeness (QED) is 0.907. The average Bonchev–Trinajstić information content (AvgIpc) is 3.22. The predicted octanol–water partition coefficient (Wildman–Crippen LogP) is 3.33. The van der Waals surface area contributed by atoms with E-state index < -0.39 is 0 Å². The van der Waals surface area contributed by atoms with E-state index in [-0.39, 0.29) is 23.9 Å². The van der Waals surface area contributed by atoms with Crippen molar-refractivity contribution in [1.82, 2.24) is 5.32 Å². The van der Waals surface area contributed by atoms with E-state index in [1.165, 1.54) is 5.56 Å². The Hall–Kier alpha value is -1.52. The standard InChI is InChI=1S/C17H22N2O2.ClH/c1-10-6-12-8-15(21-14(12)7-11(10)2)16(20)19-17(3,9-18)13-4-5-13;/h6-8,13H,4-5,9,18H2,1-3H3,(H,19,20);1H. The summed E-state index contributed by atoms with van der Waals surface area (Å²) < 4.78 is 5.70. The van der Waals surface area contributed by atoms with Gasteiger partial charge < -0.3 is 15.5 Å². The highest BCUT2D eigenvalue weighted by molar-refractivity contribution is 5.96. The van der Waals surface area contributed by atoms with Crippen LogP contribution in [0.2, 0.25) is 0 Å². The van der Waals surface area contributed by atoms with Gasteiger partial charge in [0.05, 0.1) is 5.54 Å². The summed E-state index contributed by atoms with van der Waals surface area (Å²) >= 11 is 0. The minimum Gasteiger partial charge on any atom is -0.451 e. The van der Waals surface area contributed by atoms with Crippen molar-refractivity contribution in [2.75, 3.05) is 6.54 Å². The summed E-state index contributed by atoms with van der Waals surface area (Å²) in [7, 11) is 0. The lowest BCUT2D eigenvalue weighted by Crippen LogP contribution is -2.53. The number of fused-ring (bicyclic) bond motifs is 1. The molecule has 1 amide bonds. The summed E-state index contributed by atoms with van der Waals surface area (Å²) in [5.41, 5.74) is 8.62. The van der Waals surface area contributed by atoms with Gasteiger partial charge in [-0.25, -0.2) is 0 Å². The number of aryl methyl sites for hydroxylation is 2. The lowest BCUT2D eigenvalue weighted by molar-refractivity contribution is 0.0871. The molecule has 5 heteroatoms. The third-order valence-electron chi connectivity index (χ3n) is 4.66. The van der Waals surface area contributed by atoms with Crippen LogP contribution in [-0.2, 0) is 0 Å². The zero-order valence-corrected chi connectivity index (χ0v) is 14.0. The van der Waals surface area contributed by atoms with Gasteiger partial charge in [0, 0.05) is 11.9 Å². The van der Waals surface area contributed by atoms with E-state index in [2.05, 4.69) is 12.2 Å². The van der Waals surface area contributed by atoms with E-state index in [1.54, 1.807) is 6.07 Å². The van der Waals surface area contributed by atoms with Crippen molar-refractivity contribution >= 4 is 29.3 Å². The van der Waals surface area contributed by atoms with Crippen LogP contribution in [0, 0.1) is 19.8 Å². The summed E-state index contributed by atoms with van der Waals surface area (Å²) in [6.45, 7) is 6.55. The van der Waals surface area contributed by atoms with Crippen molar-refractivity contribution in [2.45, 2.75) is 39.2 Å². The number of nitrogens with two attached hydrogens (primary N) is 1. The van der Waals surface area contributed by atoms with E-state index >= 15 is 0 Å². The van der Waals surface area contributed by atoms with Gasteiger partial charge in [-0.05, 0) is 68.9 Å². The molecule has 3 rings (SSSR count). The van der Waals surface area contributed by atoms with Gasteiger partial charge in [-0.1, -0.05) is 0 Å². The van der Waals surface area contributed by atoms with Crippen molar-refractivity contribution in [2.24, 2.45) is 11.7 Å². The van der Waals surface area contributed by atoms with Crippen molar-refractivity contribution < 1.29 is 9.21 Å². The molecule has 0 bridgehead atoms. The molecule has 1 aliphatic carbocycles. The number of hydrogen-bond donors (Lipinski definition) is 2. The molecule has 1 aromatic heterocycles. The summed E-state index contributed by atoms with van der Waals surface area (Å²) in [6, 6.07) is 5.83. The van der Waals surface area contributed by atoms with Gasteiger partial charge >= 0.3 is 0 Å². The molecular formula is C17H23ClN2O2. The monoisotopic (exact) mass is 322 g/mol. The van der Waals surface area contributed by atoms with Crippen LogP contribution >= 0.6 is 12.4 Å². The molecule has 1 saturated carbocycles. The fourth-order valence-corrected chi connectivity index (χ4v) is 2.78. The number of amides is 1. The van der Waals surface area contributed by atoms with Crippen molar-refractivity contribution in [3.63, 3.8) is 0 Å². The molecule has 0 spiro atoms. The fraction of sp³-hybridized carbons (Fsp3) is 0.471. The second-order valence-electron chi connectivity index (χ2n) is 6.43. The van der Waals surface area contributed by atoms with Crippen LogP contribution in [-0.4, -0.2) is 18.0 Å². The normalized spacial score (nSPS) is 16.9. The number of nitrogens with one attached hydrogen (secondary N) is 1. The summed E-state index contributed by atoms with van der Waals surface area (Å²) in [6.07, 6.45) is 2.26. The second kappa shape index (κ2) is 5.94. The number of benzene rings is 1. The molecule has 0 radical (unpaired) electrons. The fourth-order valence-electron chi connectivity index (χ4n) is 2.78. The Morgan fingerprint density at radius 3 is 2.55 bits per heavy atom. The van der Waals surface area contributed by atoms with Crippen LogP contribution in [0.4, 0.5) is 0 Å². The van der Waals surface area contributed by atoms with Gasteiger partial charge in [-0.3, -0.25) is 4.79 Å². The number of rotatable bonds is 4. The Bertz CT molecular complexity index is 667. The number of halogens is 1. The number of carbonyl (C=O) groups is 1. The Morgan fingerprint density at radius 2 is 1.95 bits per heavy atom. The Balaban J connectivity index is 0.00000176. The van der Waals surface area contributed by atoms with Crippen molar-refractivity contribution in [3.8, 4) is 0 Å².